The van der Waals surface area contributed by atoms with Crippen LogP contribution in [0.25, 0.3) is 0 Å². The number of Topliss-reactive ketones (excluding diaryl/α,β-unsaturated/α-hetero) is 1. The molecule has 0 aliphatic heterocycles. The van der Waals surface area contributed by atoms with Gasteiger partial charge in [-0.15, -0.1) is 0 Å². The summed E-state index contributed by atoms with van der Waals surface area (Å²) in [6, 6.07) is 0.957. The number of allylic oxidation sites excluding steroid dienone is 1. The highest BCUT2D eigenvalue weighted by Gasteiger charge is 2.60. The predicted molar refractivity (Wildman–Crippen MR) is 151 cm³/mol. The summed E-state index contributed by atoms with van der Waals surface area (Å²) in [4.78, 5) is 30.6. The van der Waals surface area contributed by atoms with E-state index >= 15 is 0 Å². The fourth-order valence-electron chi connectivity index (χ4n) is 8.38. The van der Waals surface area contributed by atoms with Crippen LogP contribution in [0.15, 0.2) is 28.7 Å². The normalized spacial score (nSPS) is 30.3. The van der Waals surface area contributed by atoms with Crippen LogP contribution in [0.2, 0.25) is 0 Å². The third-order valence-electron chi connectivity index (χ3n) is 10.7. The maximum absolute atomic E-state index is 14.1. The molecule has 41 heavy (non-hydrogen) atoms. The zero-order valence-electron chi connectivity index (χ0n) is 24.5. The van der Waals surface area contributed by atoms with Crippen molar-refractivity contribution in [1.82, 2.24) is 9.80 Å². The van der Waals surface area contributed by atoms with Crippen LogP contribution < -0.4 is 10.5 Å². The monoisotopic (exact) mass is 567 g/mol. The van der Waals surface area contributed by atoms with Gasteiger partial charge in [0.05, 0.1) is 24.3 Å². The number of nitrogens with zero attached hydrogens (tertiary/aromatic N) is 2. The number of phenols is 1. The van der Waals surface area contributed by atoms with E-state index in [0.29, 0.717) is 30.7 Å². The van der Waals surface area contributed by atoms with E-state index in [9.17, 15) is 24.9 Å². The number of carbonyl (C=O) groups is 2. The lowest BCUT2D eigenvalue weighted by Crippen LogP contribution is -2.60. The number of rotatable bonds is 8. The third kappa shape index (κ3) is 3.94. The van der Waals surface area contributed by atoms with Crippen molar-refractivity contribution in [2.24, 2.45) is 23.5 Å². The first-order chi connectivity index (χ1) is 19.4. The molecule has 5 aliphatic rings. The minimum Gasteiger partial charge on any atom is -0.510 e. The molecule has 10 nitrogen and oxygen atoms in total. The first-order valence-electron chi connectivity index (χ1n) is 14.5. The van der Waals surface area contributed by atoms with E-state index in [1.165, 1.54) is 32.8 Å². The predicted octanol–water partition coefficient (Wildman–Crippen LogP) is 2.98. The average Bonchev–Trinajstić information content (AvgIpc) is 3.81. The summed E-state index contributed by atoms with van der Waals surface area (Å²) in [5.74, 6) is -1.38. The quantitative estimate of drug-likeness (QED) is 0.372. The van der Waals surface area contributed by atoms with Crippen molar-refractivity contribution in [2.75, 3.05) is 35.4 Å². The van der Waals surface area contributed by atoms with Crippen molar-refractivity contribution in [3.63, 3.8) is 0 Å². The van der Waals surface area contributed by atoms with Crippen molar-refractivity contribution in [3.8, 4) is 11.5 Å². The Bertz CT molecular complexity index is 1390. The number of hydrogen-bond acceptors (Lipinski definition) is 9. The van der Waals surface area contributed by atoms with Gasteiger partial charge in [-0.2, -0.15) is 0 Å². The molecule has 0 aromatic heterocycles. The van der Waals surface area contributed by atoms with Crippen LogP contribution in [0.3, 0.4) is 0 Å². The Hall–Kier alpha value is -3.08. The fraction of sp³-hybridized carbons (Fsp3) is 0.613. The molecule has 4 atom stereocenters. The Morgan fingerprint density at radius 3 is 2.37 bits per heavy atom. The second-order valence-corrected chi connectivity index (χ2v) is 12.9. The number of methoxy groups -OCH3 is 2. The van der Waals surface area contributed by atoms with Gasteiger partial charge in [-0.1, -0.05) is 0 Å². The van der Waals surface area contributed by atoms with Crippen LogP contribution in [0.5, 0.6) is 11.5 Å². The largest absolute Gasteiger partial charge is 0.510 e. The number of ketones is 1. The summed E-state index contributed by atoms with van der Waals surface area (Å²) in [7, 11) is 8.70. The molecule has 2 saturated carbocycles. The lowest BCUT2D eigenvalue weighted by Gasteiger charge is -2.53. The number of fused-ring (bicyclic) bond motifs is 3. The van der Waals surface area contributed by atoms with Crippen LogP contribution in [0.1, 0.15) is 60.0 Å². The molecule has 1 amide bonds. The van der Waals surface area contributed by atoms with Crippen LogP contribution >= 0.6 is 0 Å². The average molecular weight is 568 g/mol. The van der Waals surface area contributed by atoms with Crippen LogP contribution in [0.4, 0.5) is 0 Å². The number of aliphatic hydroxyl groups excluding tert-OH is 2. The second kappa shape index (κ2) is 9.47. The van der Waals surface area contributed by atoms with Crippen LogP contribution in [0, 0.1) is 17.8 Å². The number of aliphatic hydroxyl groups is 2. The van der Waals surface area contributed by atoms with Gasteiger partial charge < -0.3 is 30.5 Å². The van der Waals surface area contributed by atoms with Crippen molar-refractivity contribution in [2.45, 2.75) is 68.7 Å². The fourth-order valence-corrected chi connectivity index (χ4v) is 8.38. The molecule has 5 N–H and O–H groups in total. The molecule has 2 fully saturated rings. The zero-order chi connectivity index (χ0) is 29.6. The Morgan fingerprint density at radius 1 is 1.15 bits per heavy atom. The summed E-state index contributed by atoms with van der Waals surface area (Å²) in [6.07, 6.45) is 5.48. The van der Waals surface area contributed by atoms with E-state index in [1.54, 1.807) is 32.2 Å². The molecule has 1 aromatic carbocycles. The maximum Gasteiger partial charge on any atom is 0.248 e. The Morgan fingerprint density at radius 2 is 1.83 bits per heavy atom. The number of amides is 1. The van der Waals surface area contributed by atoms with Crippen LogP contribution in [-0.4, -0.2) is 89.4 Å². The minimum atomic E-state index is -1.44. The molecule has 0 spiro atoms. The highest BCUT2D eigenvalue weighted by Crippen LogP contribution is 2.58. The Labute approximate surface area is 240 Å². The molecule has 0 radical (unpaired) electrons. The zero-order valence-corrected chi connectivity index (χ0v) is 24.5. The van der Waals surface area contributed by atoms with Crippen molar-refractivity contribution in [3.05, 3.63) is 45.4 Å². The number of likely N-dealkylation sites (N-methyl/N-ethyl adjacent to an activating group) is 1. The third-order valence-corrected chi connectivity index (χ3v) is 10.7. The van der Waals surface area contributed by atoms with Gasteiger partial charge in [0.2, 0.25) is 5.91 Å². The number of hydrogen-bond donors (Lipinski definition) is 4. The lowest BCUT2D eigenvalue weighted by atomic mass is 9.59. The Balaban J connectivity index is 1.44. The van der Waals surface area contributed by atoms with Gasteiger partial charge in [0.25, 0.3) is 0 Å². The van der Waals surface area contributed by atoms with E-state index in [4.69, 9.17) is 15.2 Å². The molecule has 0 saturated heterocycles. The van der Waals surface area contributed by atoms with E-state index in [0.717, 1.165) is 11.5 Å². The first-order valence-corrected chi connectivity index (χ1v) is 14.5. The van der Waals surface area contributed by atoms with Gasteiger partial charge in [0.15, 0.2) is 5.78 Å². The van der Waals surface area contributed by atoms with Crippen molar-refractivity contribution in [1.29, 1.82) is 0 Å². The molecule has 0 heterocycles. The number of benzene rings is 1. The van der Waals surface area contributed by atoms with E-state index in [-0.39, 0.29) is 45.9 Å². The smallest absolute Gasteiger partial charge is 0.248 e. The van der Waals surface area contributed by atoms with Gasteiger partial charge in [-0.3, -0.25) is 19.4 Å². The molecule has 0 unspecified atom stereocenters. The van der Waals surface area contributed by atoms with E-state index < -0.39 is 35.2 Å². The van der Waals surface area contributed by atoms with Gasteiger partial charge >= 0.3 is 0 Å². The van der Waals surface area contributed by atoms with Crippen molar-refractivity contribution >= 4 is 11.7 Å². The van der Waals surface area contributed by atoms with Gasteiger partial charge in [0, 0.05) is 48.2 Å². The lowest BCUT2D eigenvalue weighted by molar-refractivity contribution is -0.121. The molecular formula is C31H41N3O7. The van der Waals surface area contributed by atoms with Gasteiger partial charge in [-0.05, 0) is 77.6 Å². The Kier molecular flexibility index (Phi) is 6.48. The minimum absolute atomic E-state index is 0.0334. The second-order valence-electron chi connectivity index (χ2n) is 12.9. The van der Waals surface area contributed by atoms with E-state index in [2.05, 4.69) is 11.9 Å². The number of phenolic OH excluding ortho intramolecular Hbond substituents is 1. The summed E-state index contributed by atoms with van der Waals surface area (Å²) < 4.78 is 11.9. The molecule has 0 bridgehead atoms. The SMILES string of the molecule is COc1c(CN(C)C2(C3CC3)CC2)cc(O)c2c1C[C@H]1C[C@H]3[C@H](N(C)C)C(O)=C(C(N)=O)C[C@@]3(OC)C(O)=C1C2=O. The molecule has 6 rings (SSSR count). The summed E-state index contributed by atoms with van der Waals surface area (Å²) in [6.45, 7) is 0.597. The molecule has 5 aliphatic carbocycles. The molecule has 1 aromatic rings. The number of primary amides is 1. The maximum atomic E-state index is 14.1. The number of aromatic hydroxyl groups is 1. The summed E-state index contributed by atoms with van der Waals surface area (Å²) >= 11 is 0. The standard InChI is InChI=1S/C31H41N3O7/c1-33(2)24-20-11-15-10-18-23(26(37)22(15)28(38)31(20,41-5)13-19(25(24)36)29(32)39)21(35)12-16(27(18)40-4)14-34(3)30(8-9-30)17-6-7-17/h12,15,17,20,24,35-36,38H,6-11,13-14H2,1-5H3,(H2,32,39)/t15-,20-,24-,31-/m0/s1. The summed E-state index contributed by atoms with van der Waals surface area (Å²) in [5, 5.41) is 34.2. The number of carbonyl (C=O) groups excluding carboxylic acids is 2. The first kappa shape index (κ1) is 28.1. The van der Waals surface area contributed by atoms with E-state index in [1.807, 2.05) is 0 Å². The number of nitrogens with two attached hydrogens (primary N) is 1. The highest BCUT2D eigenvalue weighted by atomic mass is 16.5. The molecule has 222 valence electrons. The van der Waals surface area contributed by atoms with Crippen molar-refractivity contribution < 1.29 is 34.4 Å². The molecular weight excluding hydrogens is 526 g/mol. The van der Waals surface area contributed by atoms with Gasteiger partial charge in [0.1, 0.15) is 28.6 Å². The summed E-state index contributed by atoms with van der Waals surface area (Å²) in [5.41, 5.74) is 6.16. The highest BCUT2D eigenvalue weighted by molar-refractivity contribution is 6.14. The van der Waals surface area contributed by atoms with Crippen LogP contribution in [-0.2, 0) is 22.5 Å². The topological polar surface area (TPSA) is 146 Å². The number of ether oxygens (including phenoxy) is 2. The van der Waals surface area contributed by atoms with Gasteiger partial charge in [-0.25, -0.2) is 0 Å². The molecule has 10 heteroatoms.